The second kappa shape index (κ2) is 9.14. The molecule has 1 aromatic carbocycles. The van der Waals surface area contributed by atoms with Crippen LogP contribution in [0.5, 0.6) is 0 Å². The average molecular weight is 453 g/mol. The Morgan fingerprint density at radius 2 is 2.07 bits per heavy atom. The molecule has 0 saturated carbocycles. The summed E-state index contributed by atoms with van der Waals surface area (Å²) >= 11 is 1.27. The zero-order chi connectivity index (χ0) is 21.9. The summed E-state index contributed by atoms with van der Waals surface area (Å²) < 4.78 is 33.0. The molecular formula is C18H24N6O4S2. The third kappa shape index (κ3) is 4.82. The second-order valence-corrected chi connectivity index (χ2v) is 9.92. The minimum atomic E-state index is -3.56. The Labute approximate surface area is 179 Å². The quantitative estimate of drug-likeness (QED) is 0.491. The van der Waals surface area contributed by atoms with E-state index in [1.165, 1.54) is 30.2 Å². The summed E-state index contributed by atoms with van der Waals surface area (Å²) in [6.45, 7) is 4.47. The van der Waals surface area contributed by atoms with Gasteiger partial charge in [0.25, 0.3) is 0 Å². The number of nitrogens with one attached hydrogen (secondary N) is 1. The fourth-order valence-corrected chi connectivity index (χ4v) is 4.50. The van der Waals surface area contributed by atoms with Gasteiger partial charge in [0.15, 0.2) is 11.0 Å². The predicted octanol–water partition coefficient (Wildman–Crippen LogP) is 2.51. The zero-order valence-electron chi connectivity index (χ0n) is 17.2. The molecule has 1 amide bonds. The number of aryl methyl sites for hydroxylation is 2. The van der Waals surface area contributed by atoms with Crippen molar-refractivity contribution in [2.24, 2.45) is 0 Å². The molecule has 0 radical (unpaired) electrons. The van der Waals surface area contributed by atoms with E-state index in [0.717, 1.165) is 24.9 Å². The molecule has 0 saturated heterocycles. The first-order chi connectivity index (χ1) is 14.2. The molecule has 0 aliphatic heterocycles. The van der Waals surface area contributed by atoms with E-state index >= 15 is 0 Å². The van der Waals surface area contributed by atoms with Crippen LogP contribution in [0.25, 0.3) is 11.0 Å². The van der Waals surface area contributed by atoms with Crippen LogP contribution in [-0.2, 0) is 21.4 Å². The van der Waals surface area contributed by atoms with Crippen LogP contribution in [0.4, 0.5) is 6.01 Å². The number of carbonyl (C=O) groups is 1. The van der Waals surface area contributed by atoms with Crippen LogP contribution in [0.3, 0.4) is 0 Å². The number of anilines is 1. The fraction of sp³-hybridized carbons (Fsp3) is 0.444. The average Bonchev–Trinajstić information content (AvgIpc) is 3.26. The molecule has 2 aromatic heterocycles. The Hall–Kier alpha value is -2.44. The first kappa shape index (κ1) is 22.2. The monoisotopic (exact) mass is 452 g/mol. The van der Waals surface area contributed by atoms with Crippen LogP contribution in [0.2, 0.25) is 0 Å². The van der Waals surface area contributed by atoms with E-state index in [0.29, 0.717) is 16.5 Å². The van der Waals surface area contributed by atoms with Crippen molar-refractivity contribution in [3.05, 3.63) is 24.0 Å². The summed E-state index contributed by atoms with van der Waals surface area (Å²) in [7, 11) is -0.577. The van der Waals surface area contributed by atoms with Crippen molar-refractivity contribution in [1.29, 1.82) is 0 Å². The van der Waals surface area contributed by atoms with Crippen LogP contribution in [0.1, 0.15) is 25.6 Å². The Morgan fingerprint density at radius 3 is 2.70 bits per heavy atom. The Morgan fingerprint density at radius 1 is 1.30 bits per heavy atom. The molecule has 0 spiro atoms. The van der Waals surface area contributed by atoms with Gasteiger partial charge in [-0.15, -0.1) is 0 Å². The summed E-state index contributed by atoms with van der Waals surface area (Å²) in [6, 6.07) is 4.97. The van der Waals surface area contributed by atoms with Gasteiger partial charge in [-0.3, -0.25) is 10.1 Å². The van der Waals surface area contributed by atoms with Crippen molar-refractivity contribution in [2.45, 2.75) is 43.3 Å². The zero-order valence-corrected chi connectivity index (χ0v) is 18.9. The fourth-order valence-electron chi connectivity index (χ4n) is 2.73. The van der Waals surface area contributed by atoms with Crippen LogP contribution >= 0.6 is 11.8 Å². The first-order valence-corrected chi connectivity index (χ1v) is 11.8. The molecule has 12 heteroatoms. The van der Waals surface area contributed by atoms with E-state index in [2.05, 4.69) is 27.4 Å². The molecule has 0 unspecified atom stereocenters. The number of hydrogen-bond donors (Lipinski definition) is 1. The van der Waals surface area contributed by atoms with Gasteiger partial charge in [0.1, 0.15) is 0 Å². The molecular weight excluding hydrogens is 428 g/mol. The van der Waals surface area contributed by atoms with Crippen molar-refractivity contribution < 1.29 is 17.7 Å². The molecule has 3 rings (SSSR count). The maximum Gasteiger partial charge on any atom is 0.328 e. The summed E-state index contributed by atoms with van der Waals surface area (Å²) in [5.74, 6) is 0.233. The maximum absolute atomic E-state index is 12.4. The van der Waals surface area contributed by atoms with Gasteiger partial charge >= 0.3 is 6.01 Å². The normalized spacial score (nSPS) is 12.0. The highest BCUT2D eigenvalue weighted by molar-refractivity contribution is 7.99. The number of nitrogens with zero attached hydrogens (tertiary/aromatic N) is 5. The number of carbonyl (C=O) groups excluding carboxylic acids is 1. The van der Waals surface area contributed by atoms with Crippen molar-refractivity contribution in [3.63, 3.8) is 0 Å². The van der Waals surface area contributed by atoms with Crippen LogP contribution in [-0.4, -0.2) is 58.2 Å². The number of fused-ring (bicyclic) bond motifs is 1. The molecule has 0 atom stereocenters. The lowest BCUT2D eigenvalue weighted by Crippen LogP contribution is -2.22. The van der Waals surface area contributed by atoms with E-state index in [1.807, 2.05) is 4.57 Å². The third-order valence-corrected chi connectivity index (χ3v) is 7.09. The van der Waals surface area contributed by atoms with Crippen molar-refractivity contribution >= 4 is 44.7 Å². The van der Waals surface area contributed by atoms with Gasteiger partial charge in [0.05, 0.1) is 21.7 Å². The van der Waals surface area contributed by atoms with Gasteiger partial charge < -0.3 is 9.09 Å². The largest absolute Gasteiger partial charge is 0.328 e. The molecule has 10 nitrogen and oxygen atoms in total. The molecule has 30 heavy (non-hydrogen) atoms. The second-order valence-electron chi connectivity index (χ2n) is 6.82. The lowest BCUT2D eigenvalue weighted by Gasteiger charge is -2.11. The summed E-state index contributed by atoms with van der Waals surface area (Å²) in [5.41, 5.74) is 1.40. The summed E-state index contributed by atoms with van der Waals surface area (Å²) in [5, 5.41) is 6.83. The number of amides is 1. The Kier molecular flexibility index (Phi) is 6.78. The van der Waals surface area contributed by atoms with Crippen LogP contribution < -0.4 is 5.32 Å². The minimum Gasteiger partial charge on any atom is -0.319 e. The van der Waals surface area contributed by atoms with E-state index in [1.54, 1.807) is 25.1 Å². The number of benzene rings is 1. The molecule has 0 fully saturated rings. The van der Waals surface area contributed by atoms with Crippen molar-refractivity contribution in [3.8, 4) is 0 Å². The van der Waals surface area contributed by atoms with E-state index in [4.69, 9.17) is 4.52 Å². The minimum absolute atomic E-state index is 0.0520. The highest BCUT2D eigenvalue weighted by Gasteiger charge is 2.20. The number of imidazole rings is 1. The van der Waals surface area contributed by atoms with Crippen LogP contribution in [0, 0.1) is 6.92 Å². The number of thioether (sulfide) groups is 1. The number of sulfonamides is 1. The summed E-state index contributed by atoms with van der Waals surface area (Å²) in [4.78, 5) is 20.9. The molecule has 0 bridgehead atoms. The number of rotatable bonds is 9. The van der Waals surface area contributed by atoms with E-state index in [9.17, 15) is 13.2 Å². The van der Waals surface area contributed by atoms with Gasteiger partial charge in [0.2, 0.25) is 15.9 Å². The Balaban J connectivity index is 1.85. The Bertz CT molecular complexity index is 1150. The first-order valence-electron chi connectivity index (χ1n) is 9.38. The van der Waals surface area contributed by atoms with E-state index < -0.39 is 10.0 Å². The standard InChI is InChI=1S/C18H24N6O4S2/c1-5-6-9-24-15-8-7-13(30(26,27)23(3)4)10-14(15)20-18(24)29-11-16(25)21-17-19-12(2)22-28-17/h7-8,10H,5-6,9,11H2,1-4H3,(H,19,21,22,25). The van der Waals surface area contributed by atoms with Gasteiger partial charge in [-0.25, -0.2) is 17.7 Å². The van der Waals surface area contributed by atoms with Crippen LogP contribution in [0.15, 0.2) is 32.8 Å². The molecule has 0 aliphatic carbocycles. The molecule has 0 aliphatic rings. The predicted molar refractivity (Wildman–Crippen MR) is 114 cm³/mol. The van der Waals surface area contributed by atoms with Gasteiger partial charge in [0, 0.05) is 20.6 Å². The maximum atomic E-state index is 12.4. The van der Waals surface area contributed by atoms with Crippen molar-refractivity contribution in [2.75, 3.05) is 25.2 Å². The third-order valence-electron chi connectivity index (χ3n) is 4.30. The van der Waals surface area contributed by atoms with Crippen molar-refractivity contribution in [1.82, 2.24) is 24.0 Å². The van der Waals surface area contributed by atoms with Gasteiger partial charge in [-0.2, -0.15) is 4.98 Å². The van der Waals surface area contributed by atoms with E-state index in [-0.39, 0.29) is 22.6 Å². The molecule has 2 heterocycles. The number of hydrogen-bond acceptors (Lipinski definition) is 8. The van der Waals surface area contributed by atoms with Gasteiger partial charge in [-0.05, 0) is 31.5 Å². The number of aromatic nitrogens is 4. The highest BCUT2D eigenvalue weighted by Crippen LogP contribution is 2.27. The molecule has 1 N–H and O–H groups in total. The smallest absolute Gasteiger partial charge is 0.319 e. The highest BCUT2D eigenvalue weighted by atomic mass is 32.2. The van der Waals surface area contributed by atoms with Gasteiger partial charge in [-0.1, -0.05) is 30.3 Å². The molecule has 3 aromatic rings. The summed E-state index contributed by atoms with van der Waals surface area (Å²) in [6.07, 6.45) is 1.93. The lowest BCUT2D eigenvalue weighted by atomic mass is 10.3. The topological polar surface area (TPSA) is 123 Å². The lowest BCUT2D eigenvalue weighted by molar-refractivity contribution is -0.114. The SMILES string of the molecule is CCCCn1c(SCC(=O)Nc2nc(C)no2)nc2cc(S(=O)(=O)N(C)C)ccc21. The molecule has 162 valence electrons. The number of unbranched alkanes of at least 4 members (excludes halogenated alkanes) is 1.